The zero-order chi connectivity index (χ0) is 13.9. The van der Waals surface area contributed by atoms with Crippen LogP contribution in [0.5, 0.6) is 11.5 Å². The zero-order valence-electron chi connectivity index (χ0n) is 10.8. The molecule has 2 nitrogen and oxygen atoms in total. The Hall–Kier alpha value is -2.74. The van der Waals surface area contributed by atoms with Crippen LogP contribution in [-0.2, 0) is 0 Å². The molecule has 0 amide bonds. The van der Waals surface area contributed by atoms with Crippen LogP contribution in [0.25, 0.3) is 22.3 Å². The molecular weight excluding hydrogens is 248 g/mol. The summed E-state index contributed by atoms with van der Waals surface area (Å²) in [6.45, 7) is 0. The number of para-hydroxylation sites is 1. The van der Waals surface area contributed by atoms with Gasteiger partial charge in [0.25, 0.3) is 0 Å². The lowest BCUT2D eigenvalue weighted by Gasteiger charge is -2.08. The van der Waals surface area contributed by atoms with Crippen LogP contribution in [0.15, 0.2) is 72.8 Å². The van der Waals surface area contributed by atoms with Crippen LogP contribution in [0.4, 0.5) is 0 Å². The van der Waals surface area contributed by atoms with Crippen LogP contribution in [-0.4, -0.2) is 10.2 Å². The number of phenolic OH excluding ortho intramolecular Hbond substituents is 2. The summed E-state index contributed by atoms with van der Waals surface area (Å²) < 4.78 is 0. The molecular formula is C18H14O2. The summed E-state index contributed by atoms with van der Waals surface area (Å²) in [5, 5.41) is 19.6. The Kier molecular flexibility index (Phi) is 3.13. The van der Waals surface area contributed by atoms with Gasteiger partial charge >= 0.3 is 0 Å². The van der Waals surface area contributed by atoms with Crippen LogP contribution in [0, 0.1) is 0 Å². The van der Waals surface area contributed by atoms with E-state index in [4.69, 9.17) is 0 Å². The van der Waals surface area contributed by atoms with Gasteiger partial charge in [0.1, 0.15) is 0 Å². The third kappa shape index (κ3) is 2.24. The standard InChI is InChI=1S/C18H14O2/c19-17-11-5-10-16(18(17)20)15-9-4-8-14(12-15)13-6-2-1-3-7-13/h1-12,19-20H. The van der Waals surface area contributed by atoms with Gasteiger partial charge in [-0.25, -0.2) is 0 Å². The molecule has 0 aromatic heterocycles. The minimum atomic E-state index is -0.104. The monoisotopic (exact) mass is 262 g/mol. The minimum absolute atomic E-state index is 0.0855. The summed E-state index contributed by atoms with van der Waals surface area (Å²) in [4.78, 5) is 0. The van der Waals surface area contributed by atoms with E-state index < -0.39 is 0 Å². The summed E-state index contributed by atoms with van der Waals surface area (Å²) in [6, 6.07) is 22.9. The highest BCUT2D eigenvalue weighted by atomic mass is 16.3. The maximum Gasteiger partial charge on any atom is 0.165 e. The van der Waals surface area contributed by atoms with Crippen molar-refractivity contribution in [1.82, 2.24) is 0 Å². The maximum absolute atomic E-state index is 9.96. The maximum atomic E-state index is 9.96. The van der Waals surface area contributed by atoms with Crippen molar-refractivity contribution in [3.63, 3.8) is 0 Å². The molecule has 0 aliphatic heterocycles. The fourth-order valence-corrected chi connectivity index (χ4v) is 2.26. The quantitative estimate of drug-likeness (QED) is 0.671. The van der Waals surface area contributed by atoms with Crippen LogP contribution in [0.1, 0.15) is 0 Å². The van der Waals surface area contributed by atoms with Gasteiger partial charge in [0.05, 0.1) is 0 Å². The number of hydrogen-bond donors (Lipinski definition) is 2. The van der Waals surface area contributed by atoms with Gasteiger partial charge in [-0.1, -0.05) is 60.7 Å². The molecule has 3 rings (SSSR count). The van der Waals surface area contributed by atoms with Crippen LogP contribution >= 0.6 is 0 Å². The lowest BCUT2D eigenvalue weighted by atomic mass is 9.98. The predicted molar refractivity (Wildman–Crippen MR) is 80.6 cm³/mol. The molecule has 0 heterocycles. The van der Waals surface area contributed by atoms with Crippen molar-refractivity contribution in [3.8, 4) is 33.8 Å². The molecule has 3 aromatic carbocycles. The first kappa shape index (κ1) is 12.3. The van der Waals surface area contributed by atoms with E-state index in [1.54, 1.807) is 12.1 Å². The first-order valence-electron chi connectivity index (χ1n) is 6.42. The highest BCUT2D eigenvalue weighted by Crippen LogP contribution is 2.37. The Balaban J connectivity index is 2.10. The van der Waals surface area contributed by atoms with E-state index in [9.17, 15) is 10.2 Å². The lowest BCUT2D eigenvalue weighted by molar-refractivity contribution is 0.405. The second-order valence-electron chi connectivity index (χ2n) is 4.62. The smallest absolute Gasteiger partial charge is 0.165 e. The van der Waals surface area contributed by atoms with Crippen molar-refractivity contribution in [2.45, 2.75) is 0 Å². The Morgan fingerprint density at radius 1 is 0.550 bits per heavy atom. The third-order valence-corrected chi connectivity index (χ3v) is 3.30. The van der Waals surface area contributed by atoms with Crippen molar-refractivity contribution < 1.29 is 10.2 Å². The van der Waals surface area contributed by atoms with E-state index in [0.29, 0.717) is 5.56 Å². The van der Waals surface area contributed by atoms with E-state index in [1.807, 2.05) is 54.6 Å². The van der Waals surface area contributed by atoms with Crippen molar-refractivity contribution in [2.24, 2.45) is 0 Å². The van der Waals surface area contributed by atoms with Gasteiger partial charge in [-0.2, -0.15) is 0 Å². The molecule has 0 aliphatic rings. The Bertz CT molecular complexity index is 733. The largest absolute Gasteiger partial charge is 0.504 e. The Morgan fingerprint density at radius 3 is 2.00 bits per heavy atom. The van der Waals surface area contributed by atoms with Crippen LogP contribution < -0.4 is 0 Å². The third-order valence-electron chi connectivity index (χ3n) is 3.30. The minimum Gasteiger partial charge on any atom is -0.504 e. The molecule has 0 aliphatic carbocycles. The average Bonchev–Trinajstić information content (AvgIpc) is 2.51. The SMILES string of the molecule is Oc1cccc(-c2cccc(-c3ccccc3)c2)c1O. The van der Waals surface area contributed by atoms with E-state index in [2.05, 4.69) is 0 Å². The summed E-state index contributed by atoms with van der Waals surface area (Å²) in [5.74, 6) is -0.190. The normalized spacial score (nSPS) is 10.4. The van der Waals surface area contributed by atoms with E-state index >= 15 is 0 Å². The average molecular weight is 262 g/mol. The molecule has 0 saturated heterocycles. The van der Waals surface area contributed by atoms with Crippen molar-refractivity contribution in [2.75, 3.05) is 0 Å². The topological polar surface area (TPSA) is 40.5 Å². The van der Waals surface area contributed by atoms with Gasteiger partial charge in [-0.15, -0.1) is 0 Å². The van der Waals surface area contributed by atoms with Gasteiger partial charge in [-0.3, -0.25) is 0 Å². The molecule has 0 atom stereocenters. The second kappa shape index (κ2) is 5.10. The first-order valence-corrected chi connectivity index (χ1v) is 6.42. The van der Waals surface area contributed by atoms with Crippen LogP contribution in [0.2, 0.25) is 0 Å². The first-order chi connectivity index (χ1) is 9.75. The molecule has 0 unspecified atom stereocenters. The zero-order valence-corrected chi connectivity index (χ0v) is 10.8. The van der Waals surface area contributed by atoms with E-state index in [-0.39, 0.29) is 11.5 Å². The number of benzene rings is 3. The van der Waals surface area contributed by atoms with Gasteiger partial charge in [0.15, 0.2) is 11.5 Å². The highest BCUT2D eigenvalue weighted by molar-refractivity contribution is 5.77. The molecule has 2 heteroatoms. The number of hydrogen-bond acceptors (Lipinski definition) is 2. The molecule has 98 valence electrons. The molecule has 0 spiro atoms. The highest BCUT2D eigenvalue weighted by Gasteiger charge is 2.08. The lowest BCUT2D eigenvalue weighted by Crippen LogP contribution is -1.82. The molecule has 0 bridgehead atoms. The van der Waals surface area contributed by atoms with Crippen molar-refractivity contribution in [1.29, 1.82) is 0 Å². The summed E-state index contributed by atoms with van der Waals surface area (Å²) in [5.41, 5.74) is 3.70. The fraction of sp³-hybridized carbons (Fsp3) is 0. The molecule has 3 aromatic rings. The molecule has 0 fully saturated rings. The van der Waals surface area contributed by atoms with Crippen molar-refractivity contribution >= 4 is 0 Å². The molecule has 0 radical (unpaired) electrons. The van der Waals surface area contributed by atoms with Gasteiger partial charge in [0, 0.05) is 5.56 Å². The summed E-state index contributed by atoms with van der Waals surface area (Å²) in [7, 11) is 0. The molecule has 0 saturated carbocycles. The van der Waals surface area contributed by atoms with Crippen LogP contribution in [0.3, 0.4) is 0 Å². The van der Waals surface area contributed by atoms with Crippen molar-refractivity contribution in [3.05, 3.63) is 72.8 Å². The fourth-order valence-electron chi connectivity index (χ4n) is 2.26. The summed E-state index contributed by atoms with van der Waals surface area (Å²) in [6.07, 6.45) is 0. The molecule has 20 heavy (non-hydrogen) atoms. The predicted octanol–water partition coefficient (Wildman–Crippen LogP) is 4.43. The Morgan fingerprint density at radius 2 is 1.20 bits per heavy atom. The second-order valence-corrected chi connectivity index (χ2v) is 4.62. The summed E-state index contributed by atoms with van der Waals surface area (Å²) >= 11 is 0. The van der Waals surface area contributed by atoms with Gasteiger partial charge < -0.3 is 10.2 Å². The van der Waals surface area contributed by atoms with Gasteiger partial charge in [0.2, 0.25) is 0 Å². The number of aromatic hydroxyl groups is 2. The van der Waals surface area contributed by atoms with Gasteiger partial charge in [-0.05, 0) is 28.8 Å². The number of rotatable bonds is 2. The van der Waals surface area contributed by atoms with E-state index in [0.717, 1.165) is 16.7 Å². The molecule has 2 N–H and O–H groups in total. The Labute approximate surface area is 117 Å². The number of phenols is 2. The van der Waals surface area contributed by atoms with E-state index in [1.165, 1.54) is 6.07 Å².